The van der Waals surface area contributed by atoms with E-state index in [1.165, 1.54) is 26.5 Å². The van der Waals surface area contributed by atoms with Gasteiger partial charge in [0.2, 0.25) is 0 Å². The fraction of sp³-hybridized carbons (Fsp3) is 0.348. The third kappa shape index (κ3) is 4.11. The minimum Gasteiger partial charge on any atom is -0.309 e. The summed E-state index contributed by atoms with van der Waals surface area (Å²) in [4.78, 5) is 17.2. The first-order valence-corrected chi connectivity index (χ1v) is 10.1. The molecule has 3 rings (SSSR count). The molecule has 0 aromatic heterocycles. The Bertz CT molecular complexity index is 838. The maximum Gasteiger partial charge on any atom is 0.162 e. The highest BCUT2D eigenvalue weighted by molar-refractivity contribution is 7.99. The molecule has 0 saturated heterocycles. The van der Waals surface area contributed by atoms with E-state index in [0.717, 1.165) is 18.5 Å². The summed E-state index contributed by atoms with van der Waals surface area (Å²) in [7, 11) is 4.21. The summed E-state index contributed by atoms with van der Waals surface area (Å²) in [5.74, 6) is 0.666. The molecule has 1 heterocycles. The van der Waals surface area contributed by atoms with Gasteiger partial charge in [-0.3, -0.25) is 4.79 Å². The molecule has 1 atom stereocenters. The number of hydrogen-bond acceptors (Lipinski definition) is 3. The fourth-order valence-corrected chi connectivity index (χ4v) is 4.60. The number of rotatable bonds is 6. The van der Waals surface area contributed by atoms with Gasteiger partial charge < -0.3 is 4.90 Å². The van der Waals surface area contributed by atoms with Crippen molar-refractivity contribution in [1.82, 2.24) is 4.90 Å². The van der Waals surface area contributed by atoms with Crippen molar-refractivity contribution in [1.29, 1.82) is 0 Å². The molecule has 0 fully saturated rings. The minimum atomic E-state index is 0.236. The lowest BCUT2D eigenvalue weighted by atomic mass is 9.91. The van der Waals surface area contributed by atoms with Crippen LogP contribution in [0.3, 0.4) is 0 Å². The Labute approximate surface area is 161 Å². The molecule has 1 unspecified atom stereocenters. The van der Waals surface area contributed by atoms with Crippen LogP contribution in [-0.4, -0.2) is 31.3 Å². The Balaban J connectivity index is 2.09. The second kappa shape index (κ2) is 8.24. The molecule has 0 N–H and O–H groups in total. The van der Waals surface area contributed by atoms with Crippen molar-refractivity contribution in [2.24, 2.45) is 5.92 Å². The Hall–Kier alpha value is -1.84. The SMILES string of the molecule is CCCC(=O)c1ccc2c(c1)/C(=C\C(C)CN(C)C)c1ccccc1S2. The van der Waals surface area contributed by atoms with Gasteiger partial charge in [0.15, 0.2) is 5.78 Å². The lowest BCUT2D eigenvalue weighted by molar-refractivity contribution is 0.0981. The lowest BCUT2D eigenvalue weighted by Crippen LogP contribution is -2.19. The zero-order chi connectivity index (χ0) is 18.7. The number of nitrogens with zero attached hydrogens (tertiary/aromatic N) is 1. The standard InChI is InChI=1S/C23H27NOS/c1-5-8-21(25)17-11-12-23-20(14-17)19(13-16(2)15-24(3)4)18-9-6-7-10-22(18)26-23/h6-7,9-14,16H,5,8,15H2,1-4H3/b19-13-. The summed E-state index contributed by atoms with van der Waals surface area (Å²) in [5, 5.41) is 0. The van der Waals surface area contributed by atoms with Crippen LogP contribution in [-0.2, 0) is 0 Å². The van der Waals surface area contributed by atoms with Gasteiger partial charge in [0.1, 0.15) is 0 Å². The molecule has 2 nitrogen and oxygen atoms in total. The van der Waals surface area contributed by atoms with E-state index in [2.05, 4.69) is 75.3 Å². The molecule has 0 saturated carbocycles. The molecule has 3 heteroatoms. The lowest BCUT2D eigenvalue weighted by Gasteiger charge is -2.24. The third-order valence-corrected chi connectivity index (χ3v) is 5.72. The normalized spacial score (nSPS) is 15.7. The van der Waals surface area contributed by atoms with Crippen LogP contribution in [0.1, 0.15) is 48.2 Å². The van der Waals surface area contributed by atoms with Gasteiger partial charge in [-0.1, -0.05) is 56.0 Å². The average Bonchev–Trinajstić information content (AvgIpc) is 2.60. The molecule has 0 spiro atoms. The topological polar surface area (TPSA) is 20.3 Å². The molecule has 136 valence electrons. The molecular formula is C23H27NOS. The fourth-order valence-electron chi connectivity index (χ4n) is 3.51. The summed E-state index contributed by atoms with van der Waals surface area (Å²) < 4.78 is 0. The smallest absolute Gasteiger partial charge is 0.162 e. The van der Waals surface area contributed by atoms with Crippen molar-refractivity contribution in [2.45, 2.75) is 36.5 Å². The highest BCUT2D eigenvalue weighted by atomic mass is 32.2. The summed E-state index contributed by atoms with van der Waals surface area (Å²) in [6, 6.07) is 14.8. The van der Waals surface area contributed by atoms with E-state index in [-0.39, 0.29) is 5.78 Å². The van der Waals surface area contributed by atoms with Crippen LogP contribution in [0.2, 0.25) is 0 Å². The zero-order valence-electron chi connectivity index (χ0n) is 16.1. The van der Waals surface area contributed by atoms with Gasteiger partial charge in [-0.25, -0.2) is 0 Å². The van der Waals surface area contributed by atoms with Crippen LogP contribution in [0.25, 0.3) is 5.57 Å². The van der Waals surface area contributed by atoms with E-state index in [1.54, 1.807) is 11.8 Å². The Kier molecular flexibility index (Phi) is 6.00. The van der Waals surface area contributed by atoms with Gasteiger partial charge >= 0.3 is 0 Å². The predicted octanol–water partition coefficient (Wildman–Crippen LogP) is 5.76. The van der Waals surface area contributed by atoms with Crippen molar-refractivity contribution >= 4 is 23.1 Å². The minimum absolute atomic E-state index is 0.236. The maximum atomic E-state index is 12.4. The molecule has 2 aromatic rings. The van der Waals surface area contributed by atoms with Crippen molar-refractivity contribution in [2.75, 3.05) is 20.6 Å². The van der Waals surface area contributed by atoms with Crippen LogP contribution in [0, 0.1) is 5.92 Å². The number of benzene rings is 2. The summed E-state index contributed by atoms with van der Waals surface area (Å²) in [5.41, 5.74) is 4.56. The molecule has 0 radical (unpaired) electrons. The van der Waals surface area contributed by atoms with Crippen LogP contribution in [0.15, 0.2) is 58.3 Å². The quantitative estimate of drug-likeness (QED) is 0.518. The molecule has 1 aliphatic rings. The Morgan fingerprint density at radius 2 is 1.85 bits per heavy atom. The molecule has 0 amide bonds. The molecule has 0 aliphatic carbocycles. The van der Waals surface area contributed by atoms with Crippen molar-refractivity contribution in [3.05, 3.63) is 65.2 Å². The molecule has 2 aromatic carbocycles. The number of fused-ring (bicyclic) bond motifs is 2. The van der Waals surface area contributed by atoms with E-state index in [1.807, 2.05) is 6.07 Å². The van der Waals surface area contributed by atoms with Crippen LogP contribution in [0.4, 0.5) is 0 Å². The first-order chi connectivity index (χ1) is 12.5. The first-order valence-electron chi connectivity index (χ1n) is 9.31. The first kappa shape index (κ1) is 18.9. The highest BCUT2D eigenvalue weighted by Gasteiger charge is 2.22. The van der Waals surface area contributed by atoms with Crippen molar-refractivity contribution in [3.8, 4) is 0 Å². The number of carbonyl (C=O) groups is 1. The van der Waals surface area contributed by atoms with Gasteiger partial charge in [0, 0.05) is 28.3 Å². The number of ketones is 1. The molecule has 1 aliphatic heterocycles. The van der Waals surface area contributed by atoms with E-state index < -0.39 is 0 Å². The zero-order valence-corrected chi connectivity index (χ0v) is 16.9. The van der Waals surface area contributed by atoms with Gasteiger partial charge in [-0.2, -0.15) is 0 Å². The summed E-state index contributed by atoms with van der Waals surface area (Å²) in [6.07, 6.45) is 3.86. The predicted molar refractivity (Wildman–Crippen MR) is 111 cm³/mol. The molecular weight excluding hydrogens is 338 g/mol. The summed E-state index contributed by atoms with van der Waals surface area (Å²) in [6.45, 7) is 5.31. The van der Waals surface area contributed by atoms with Crippen LogP contribution >= 0.6 is 11.8 Å². The van der Waals surface area contributed by atoms with E-state index in [9.17, 15) is 4.79 Å². The second-order valence-electron chi connectivity index (χ2n) is 7.30. The average molecular weight is 366 g/mol. The highest BCUT2D eigenvalue weighted by Crippen LogP contribution is 2.46. The van der Waals surface area contributed by atoms with E-state index in [4.69, 9.17) is 0 Å². The van der Waals surface area contributed by atoms with Crippen molar-refractivity contribution in [3.63, 3.8) is 0 Å². The monoisotopic (exact) mass is 365 g/mol. The third-order valence-electron chi connectivity index (χ3n) is 4.57. The van der Waals surface area contributed by atoms with Crippen molar-refractivity contribution < 1.29 is 4.79 Å². The summed E-state index contributed by atoms with van der Waals surface area (Å²) >= 11 is 1.80. The largest absolute Gasteiger partial charge is 0.309 e. The Morgan fingerprint density at radius 1 is 1.12 bits per heavy atom. The molecule has 26 heavy (non-hydrogen) atoms. The second-order valence-corrected chi connectivity index (χ2v) is 8.39. The molecule has 0 bridgehead atoms. The Morgan fingerprint density at radius 3 is 2.58 bits per heavy atom. The van der Waals surface area contributed by atoms with Crippen LogP contribution in [0.5, 0.6) is 0 Å². The van der Waals surface area contributed by atoms with Gasteiger partial charge in [-0.05, 0) is 61.3 Å². The number of Topliss-reactive ketones (excluding diaryl/α,β-unsaturated/α-hetero) is 1. The van der Waals surface area contributed by atoms with E-state index in [0.29, 0.717) is 12.3 Å². The number of carbonyl (C=O) groups excluding carboxylic acids is 1. The maximum absolute atomic E-state index is 12.4. The van der Waals surface area contributed by atoms with Gasteiger partial charge in [-0.15, -0.1) is 0 Å². The van der Waals surface area contributed by atoms with E-state index >= 15 is 0 Å². The van der Waals surface area contributed by atoms with Crippen LogP contribution < -0.4 is 0 Å². The van der Waals surface area contributed by atoms with Gasteiger partial charge in [0.25, 0.3) is 0 Å². The van der Waals surface area contributed by atoms with Gasteiger partial charge in [0.05, 0.1) is 0 Å². The number of hydrogen-bond donors (Lipinski definition) is 0.